The summed E-state index contributed by atoms with van der Waals surface area (Å²) < 4.78 is 5.38. The van der Waals surface area contributed by atoms with Crippen LogP contribution in [0.25, 0.3) is 11.1 Å². The van der Waals surface area contributed by atoms with Gasteiger partial charge in [0.25, 0.3) is 0 Å². The zero-order valence-corrected chi connectivity index (χ0v) is 17.4. The minimum Gasteiger partial charge on any atom is -0.480 e. The third kappa shape index (κ3) is 5.03. The molecule has 2 unspecified atom stereocenters. The summed E-state index contributed by atoms with van der Waals surface area (Å²) in [7, 11) is 1.35. The molecule has 0 fully saturated rings. The number of nitrogens with zero attached hydrogens (tertiary/aromatic N) is 1. The Balaban J connectivity index is 1.50. The summed E-state index contributed by atoms with van der Waals surface area (Å²) in [6, 6.07) is 15.0. The van der Waals surface area contributed by atoms with Crippen LogP contribution in [0, 0.1) is 0 Å². The van der Waals surface area contributed by atoms with E-state index in [1.807, 2.05) is 48.5 Å². The number of alkyl carbamates (subject to hydrolysis) is 1. The maximum atomic E-state index is 12.1. The Morgan fingerprint density at radius 2 is 1.61 bits per heavy atom. The van der Waals surface area contributed by atoms with Crippen molar-refractivity contribution in [1.29, 1.82) is 0 Å². The average Bonchev–Trinajstić information content (AvgIpc) is 3.08. The summed E-state index contributed by atoms with van der Waals surface area (Å²) >= 11 is 0. The predicted octanol–water partition coefficient (Wildman–Crippen LogP) is 2.21. The topological polar surface area (TPSA) is 116 Å². The van der Waals surface area contributed by atoms with Gasteiger partial charge in [-0.05, 0) is 29.2 Å². The van der Waals surface area contributed by atoms with Crippen LogP contribution in [-0.2, 0) is 14.3 Å². The largest absolute Gasteiger partial charge is 0.480 e. The van der Waals surface area contributed by atoms with Crippen LogP contribution in [0.3, 0.4) is 0 Å². The molecule has 0 saturated carbocycles. The van der Waals surface area contributed by atoms with Crippen LogP contribution in [0.1, 0.15) is 30.4 Å². The first-order valence-electron chi connectivity index (χ1n) is 10.0. The van der Waals surface area contributed by atoms with Crippen molar-refractivity contribution in [2.75, 3.05) is 20.2 Å². The summed E-state index contributed by atoms with van der Waals surface area (Å²) in [5, 5.41) is 21.4. The smallest absolute Gasteiger partial charge is 0.407 e. The van der Waals surface area contributed by atoms with E-state index in [4.69, 9.17) is 9.84 Å². The highest BCUT2D eigenvalue weighted by molar-refractivity contribution is 5.83. The monoisotopic (exact) mass is 426 g/mol. The molecule has 3 rings (SSSR count). The summed E-state index contributed by atoms with van der Waals surface area (Å²) in [6.45, 7) is 1.34. The Morgan fingerprint density at radius 3 is 2.16 bits per heavy atom. The number of amides is 2. The molecular formula is C23H26N2O6. The fraction of sp³-hybridized carbons (Fsp3) is 0.348. The number of hydrogen-bond donors (Lipinski definition) is 3. The SMILES string of the molecule is CC(C(=O)O)N(C)C(=O)CC(O)CNC(=O)OCC1c2ccccc2-c2ccccc21. The highest BCUT2D eigenvalue weighted by atomic mass is 16.5. The Labute approximate surface area is 180 Å². The fourth-order valence-electron chi connectivity index (χ4n) is 3.65. The molecular weight excluding hydrogens is 400 g/mol. The first-order valence-corrected chi connectivity index (χ1v) is 10.0. The Morgan fingerprint density at radius 1 is 1.06 bits per heavy atom. The second-order valence-electron chi connectivity index (χ2n) is 7.58. The van der Waals surface area contributed by atoms with Gasteiger partial charge in [-0.2, -0.15) is 0 Å². The van der Waals surface area contributed by atoms with Crippen molar-refractivity contribution in [3.63, 3.8) is 0 Å². The highest BCUT2D eigenvalue weighted by Gasteiger charge is 2.29. The Hall–Kier alpha value is -3.39. The molecule has 2 atom stereocenters. The lowest BCUT2D eigenvalue weighted by molar-refractivity contribution is -0.149. The molecule has 1 aliphatic rings. The molecule has 0 spiro atoms. The molecule has 31 heavy (non-hydrogen) atoms. The maximum Gasteiger partial charge on any atom is 0.407 e. The first kappa shape index (κ1) is 22.3. The van der Waals surface area contributed by atoms with Crippen LogP contribution in [-0.4, -0.2) is 65.4 Å². The van der Waals surface area contributed by atoms with Crippen molar-refractivity contribution in [1.82, 2.24) is 10.2 Å². The molecule has 1 aliphatic carbocycles. The summed E-state index contributed by atoms with van der Waals surface area (Å²) in [5.41, 5.74) is 4.44. The Kier molecular flexibility index (Phi) is 6.91. The number of benzene rings is 2. The van der Waals surface area contributed by atoms with E-state index in [1.165, 1.54) is 14.0 Å². The van der Waals surface area contributed by atoms with Crippen molar-refractivity contribution < 1.29 is 29.3 Å². The minimum absolute atomic E-state index is 0.0733. The lowest BCUT2D eigenvalue weighted by Gasteiger charge is -2.23. The number of aliphatic carboxylic acids is 1. The highest BCUT2D eigenvalue weighted by Crippen LogP contribution is 2.44. The number of aliphatic hydroxyl groups excluding tert-OH is 1. The van der Waals surface area contributed by atoms with Crippen LogP contribution in [0.4, 0.5) is 4.79 Å². The van der Waals surface area contributed by atoms with Gasteiger partial charge in [0.2, 0.25) is 5.91 Å². The summed E-state index contributed by atoms with van der Waals surface area (Å²) in [6.07, 6.45) is -2.16. The van der Waals surface area contributed by atoms with Gasteiger partial charge in [-0.1, -0.05) is 48.5 Å². The zero-order valence-electron chi connectivity index (χ0n) is 17.4. The van der Waals surface area contributed by atoms with E-state index >= 15 is 0 Å². The second kappa shape index (κ2) is 9.61. The third-order valence-corrected chi connectivity index (χ3v) is 5.57. The molecule has 0 aliphatic heterocycles. The molecule has 3 N–H and O–H groups in total. The number of likely N-dealkylation sites (N-methyl/N-ethyl adjacent to an activating group) is 1. The predicted molar refractivity (Wildman–Crippen MR) is 114 cm³/mol. The number of rotatable bonds is 8. The van der Waals surface area contributed by atoms with Gasteiger partial charge in [-0.25, -0.2) is 9.59 Å². The molecule has 8 heteroatoms. The van der Waals surface area contributed by atoms with Gasteiger partial charge >= 0.3 is 12.1 Å². The average molecular weight is 426 g/mol. The molecule has 8 nitrogen and oxygen atoms in total. The van der Waals surface area contributed by atoms with Crippen LogP contribution >= 0.6 is 0 Å². The molecule has 0 saturated heterocycles. The quantitative estimate of drug-likeness (QED) is 0.596. The normalized spacial score (nSPS) is 14.2. The summed E-state index contributed by atoms with van der Waals surface area (Å²) in [5.74, 6) is -1.74. The minimum atomic E-state index is -1.16. The summed E-state index contributed by atoms with van der Waals surface area (Å²) in [4.78, 5) is 36.2. The van der Waals surface area contributed by atoms with Crippen molar-refractivity contribution >= 4 is 18.0 Å². The Bertz CT molecular complexity index is 931. The van der Waals surface area contributed by atoms with Crippen molar-refractivity contribution in [2.45, 2.75) is 31.4 Å². The molecule has 2 aromatic rings. The lowest BCUT2D eigenvalue weighted by atomic mass is 9.98. The molecule has 164 valence electrons. The van der Waals surface area contributed by atoms with E-state index < -0.39 is 30.1 Å². The number of carbonyl (C=O) groups is 3. The van der Waals surface area contributed by atoms with Gasteiger partial charge in [-0.15, -0.1) is 0 Å². The molecule has 0 heterocycles. The van der Waals surface area contributed by atoms with Crippen LogP contribution in [0.5, 0.6) is 0 Å². The van der Waals surface area contributed by atoms with Gasteiger partial charge < -0.3 is 25.2 Å². The van der Waals surface area contributed by atoms with E-state index in [-0.39, 0.29) is 25.5 Å². The lowest BCUT2D eigenvalue weighted by Crippen LogP contribution is -2.43. The number of nitrogens with one attached hydrogen (secondary N) is 1. The zero-order chi connectivity index (χ0) is 22.5. The van der Waals surface area contributed by atoms with Gasteiger partial charge in [-0.3, -0.25) is 4.79 Å². The van der Waals surface area contributed by atoms with Crippen molar-refractivity contribution in [3.8, 4) is 11.1 Å². The van der Waals surface area contributed by atoms with Crippen LogP contribution < -0.4 is 5.32 Å². The standard InChI is InChI=1S/C23H26N2O6/c1-14(22(28)29)25(2)21(27)11-15(26)12-24-23(30)31-13-20-18-9-5-3-7-16(18)17-8-4-6-10-19(17)20/h3-10,14-15,20,26H,11-13H2,1-2H3,(H,24,30)(H,28,29). The number of carboxylic acids is 1. The van der Waals surface area contributed by atoms with E-state index in [0.29, 0.717) is 0 Å². The van der Waals surface area contributed by atoms with Crippen LogP contribution in [0.2, 0.25) is 0 Å². The van der Waals surface area contributed by atoms with Crippen LogP contribution in [0.15, 0.2) is 48.5 Å². The van der Waals surface area contributed by atoms with Gasteiger partial charge in [0.15, 0.2) is 0 Å². The second-order valence-corrected chi connectivity index (χ2v) is 7.58. The van der Waals surface area contributed by atoms with Crippen molar-refractivity contribution in [3.05, 3.63) is 59.7 Å². The fourth-order valence-corrected chi connectivity index (χ4v) is 3.65. The number of hydrogen-bond acceptors (Lipinski definition) is 5. The van der Waals surface area contributed by atoms with E-state index in [1.54, 1.807) is 0 Å². The molecule has 0 radical (unpaired) electrons. The van der Waals surface area contributed by atoms with E-state index in [2.05, 4.69) is 5.32 Å². The molecule has 0 bridgehead atoms. The number of ether oxygens (including phenoxy) is 1. The first-order chi connectivity index (χ1) is 14.8. The molecule has 2 amide bonds. The number of carboxylic acid groups (broad SMARTS) is 1. The number of fused-ring (bicyclic) bond motifs is 3. The maximum absolute atomic E-state index is 12.1. The number of aliphatic hydroxyl groups is 1. The van der Waals surface area contributed by atoms with E-state index in [9.17, 15) is 19.5 Å². The van der Waals surface area contributed by atoms with Gasteiger partial charge in [0.05, 0.1) is 12.5 Å². The third-order valence-electron chi connectivity index (χ3n) is 5.57. The molecule has 0 aromatic heterocycles. The van der Waals surface area contributed by atoms with Crippen molar-refractivity contribution in [2.24, 2.45) is 0 Å². The van der Waals surface area contributed by atoms with Gasteiger partial charge in [0.1, 0.15) is 12.6 Å². The number of carbonyl (C=O) groups excluding carboxylic acids is 2. The molecule has 2 aromatic carbocycles. The van der Waals surface area contributed by atoms with E-state index in [0.717, 1.165) is 27.2 Å². The van der Waals surface area contributed by atoms with Gasteiger partial charge in [0, 0.05) is 19.5 Å².